The number of hydrogen-bond donors (Lipinski definition) is 2. The van der Waals surface area contributed by atoms with Crippen LogP contribution in [0.25, 0.3) is 0 Å². The number of halogens is 1. The number of nitrogens with one attached hydrogen (secondary N) is 1. The molecule has 4 nitrogen and oxygen atoms in total. The number of nitrogens with two attached hydrogens (primary N) is 1. The first-order valence-electron chi connectivity index (χ1n) is 6.42. The van der Waals surface area contributed by atoms with E-state index in [9.17, 15) is 9.18 Å². The predicted octanol–water partition coefficient (Wildman–Crippen LogP) is 1.97. The van der Waals surface area contributed by atoms with E-state index in [0.717, 1.165) is 0 Å². The van der Waals surface area contributed by atoms with Gasteiger partial charge in [0.25, 0.3) is 5.91 Å². The summed E-state index contributed by atoms with van der Waals surface area (Å²) in [5.41, 5.74) is 5.89. The van der Waals surface area contributed by atoms with Gasteiger partial charge in [0.05, 0.1) is 0 Å². The molecule has 0 saturated heterocycles. The highest BCUT2D eigenvalue weighted by molar-refractivity contribution is 5.79. The van der Waals surface area contributed by atoms with Crippen molar-refractivity contribution >= 4 is 5.91 Å². The van der Waals surface area contributed by atoms with Gasteiger partial charge in [-0.1, -0.05) is 32.9 Å². The zero-order valence-corrected chi connectivity index (χ0v) is 11.6. The third-order valence-electron chi connectivity index (χ3n) is 2.70. The molecule has 1 unspecified atom stereocenters. The molecule has 0 aromatic heterocycles. The van der Waals surface area contributed by atoms with Crippen LogP contribution >= 0.6 is 0 Å². The highest BCUT2D eigenvalue weighted by Gasteiger charge is 2.19. The zero-order chi connectivity index (χ0) is 14.4. The summed E-state index contributed by atoms with van der Waals surface area (Å²) in [6, 6.07) is 4.96. The lowest BCUT2D eigenvalue weighted by atomic mass is 10.1. The molecule has 1 rings (SSSR count). The van der Waals surface area contributed by atoms with E-state index in [1.165, 1.54) is 6.07 Å². The molecular formula is C14H21FN2O2. The second-order valence-electron chi connectivity index (χ2n) is 4.68. The molecule has 5 heteroatoms. The van der Waals surface area contributed by atoms with Crippen molar-refractivity contribution in [3.8, 4) is 5.75 Å². The van der Waals surface area contributed by atoms with E-state index in [-0.39, 0.29) is 11.8 Å². The Hall–Kier alpha value is -1.62. The standard InChI is InChI=1S/C14H21FN2O2/c1-4-12(14(16)18)19-13-10(8-17-9(2)3)6-5-7-11(13)15/h5-7,9,12,17H,4,8H2,1-3H3,(H2,16,18). The second-order valence-corrected chi connectivity index (χ2v) is 4.68. The number of rotatable bonds is 7. The molecule has 0 aliphatic rings. The molecule has 0 fully saturated rings. The summed E-state index contributed by atoms with van der Waals surface area (Å²) in [5.74, 6) is -0.974. The van der Waals surface area contributed by atoms with Crippen LogP contribution in [0.15, 0.2) is 18.2 Å². The Morgan fingerprint density at radius 3 is 2.68 bits per heavy atom. The molecule has 1 aromatic carbocycles. The van der Waals surface area contributed by atoms with Crippen LogP contribution in [0.1, 0.15) is 32.8 Å². The van der Waals surface area contributed by atoms with Crippen LogP contribution in [0.5, 0.6) is 5.75 Å². The average Bonchev–Trinajstić information content (AvgIpc) is 2.34. The minimum atomic E-state index is -0.810. The molecule has 19 heavy (non-hydrogen) atoms. The summed E-state index contributed by atoms with van der Waals surface area (Å²) < 4.78 is 19.3. The SMILES string of the molecule is CCC(Oc1c(F)cccc1CNC(C)C)C(N)=O. The van der Waals surface area contributed by atoms with Gasteiger partial charge < -0.3 is 15.8 Å². The number of amides is 1. The molecule has 1 aromatic rings. The fourth-order valence-corrected chi connectivity index (χ4v) is 1.62. The minimum absolute atomic E-state index is 0.0984. The number of carbonyl (C=O) groups excluding carboxylic acids is 1. The van der Waals surface area contributed by atoms with Crippen LogP contribution in [0.4, 0.5) is 4.39 Å². The van der Waals surface area contributed by atoms with Gasteiger partial charge in [-0.05, 0) is 12.5 Å². The minimum Gasteiger partial charge on any atom is -0.477 e. The van der Waals surface area contributed by atoms with Crippen LogP contribution in [0.3, 0.4) is 0 Å². The van der Waals surface area contributed by atoms with Crippen molar-refractivity contribution in [3.05, 3.63) is 29.6 Å². The maximum atomic E-state index is 13.8. The van der Waals surface area contributed by atoms with E-state index in [4.69, 9.17) is 10.5 Å². The van der Waals surface area contributed by atoms with E-state index < -0.39 is 17.8 Å². The number of hydrogen-bond acceptors (Lipinski definition) is 3. The largest absolute Gasteiger partial charge is 0.477 e. The molecule has 0 aliphatic carbocycles. The molecule has 0 saturated carbocycles. The Morgan fingerprint density at radius 2 is 2.16 bits per heavy atom. The van der Waals surface area contributed by atoms with Gasteiger partial charge >= 0.3 is 0 Å². The summed E-state index contributed by atoms with van der Waals surface area (Å²) in [7, 11) is 0. The fraction of sp³-hybridized carbons (Fsp3) is 0.500. The van der Waals surface area contributed by atoms with Gasteiger partial charge in [0.2, 0.25) is 0 Å². The van der Waals surface area contributed by atoms with Crippen LogP contribution in [0.2, 0.25) is 0 Å². The second kappa shape index (κ2) is 7.09. The summed E-state index contributed by atoms with van der Waals surface area (Å²) in [4.78, 5) is 11.2. The number of carbonyl (C=O) groups is 1. The number of primary amides is 1. The van der Waals surface area contributed by atoms with Crippen LogP contribution in [-0.2, 0) is 11.3 Å². The van der Waals surface area contributed by atoms with E-state index in [2.05, 4.69) is 5.32 Å². The highest BCUT2D eigenvalue weighted by atomic mass is 19.1. The molecule has 3 N–H and O–H groups in total. The van der Waals surface area contributed by atoms with Gasteiger partial charge in [-0.3, -0.25) is 4.79 Å². The van der Waals surface area contributed by atoms with Gasteiger partial charge in [-0.25, -0.2) is 4.39 Å². The van der Waals surface area contributed by atoms with Crippen LogP contribution in [-0.4, -0.2) is 18.1 Å². The Morgan fingerprint density at radius 1 is 1.47 bits per heavy atom. The first-order chi connectivity index (χ1) is 8.95. The van der Waals surface area contributed by atoms with Crippen molar-refractivity contribution in [2.45, 2.75) is 45.9 Å². The fourth-order valence-electron chi connectivity index (χ4n) is 1.62. The lowest BCUT2D eigenvalue weighted by molar-refractivity contribution is -0.124. The summed E-state index contributed by atoms with van der Waals surface area (Å²) in [6.07, 6.45) is -0.407. The van der Waals surface area contributed by atoms with Gasteiger partial charge in [-0.15, -0.1) is 0 Å². The van der Waals surface area contributed by atoms with Crippen molar-refractivity contribution in [2.24, 2.45) is 5.73 Å². The molecule has 1 atom stereocenters. The molecule has 0 radical (unpaired) electrons. The van der Waals surface area contributed by atoms with Crippen LogP contribution in [0, 0.1) is 5.82 Å². The third-order valence-corrected chi connectivity index (χ3v) is 2.70. The molecule has 0 bridgehead atoms. The first kappa shape index (κ1) is 15.4. The van der Waals surface area contributed by atoms with Crippen molar-refractivity contribution < 1.29 is 13.9 Å². The first-order valence-corrected chi connectivity index (χ1v) is 6.42. The predicted molar refractivity (Wildman–Crippen MR) is 72.3 cm³/mol. The molecular weight excluding hydrogens is 247 g/mol. The van der Waals surface area contributed by atoms with Crippen molar-refractivity contribution in [1.29, 1.82) is 0 Å². The van der Waals surface area contributed by atoms with Crippen LogP contribution < -0.4 is 15.8 Å². The van der Waals surface area contributed by atoms with Gasteiger partial charge in [0, 0.05) is 18.2 Å². The summed E-state index contributed by atoms with van der Waals surface area (Å²) in [5, 5.41) is 3.19. The highest BCUT2D eigenvalue weighted by Crippen LogP contribution is 2.24. The molecule has 106 valence electrons. The summed E-state index contributed by atoms with van der Waals surface area (Å²) >= 11 is 0. The lowest BCUT2D eigenvalue weighted by Gasteiger charge is -2.18. The van der Waals surface area contributed by atoms with E-state index in [0.29, 0.717) is 18.5 Å². The number of para-hydroxylation sites is 1. The maximum absolute atomic E-state index is 13.8. The van der Waals surface area contributed by atoms with Gasteiger partial charge in [0.1, 0.15) is 0 Å². The van der Waals surface area contributed by atoms with Crippen molar-refractivity contribution in [2.75, 3.05) is 0 Å². The zero-order valence-electron chi connectivity index (χ0n) is 11.6. The average molecular weight is 268 g/mol. The van der Waals surface area contributed by atoms with Crippen molar-refractivity contribution in [3.63, 3.8) is 0 Å². The molecule has 1 amide bonds. The Kier molecular flexibility index (Phi) is 5.76. The van der Waals surface area contributed by atoms with E-state index in [1.54, 1.807) is 19.1 Å². The van der Waals surface area contributed by atoms with Gasteiger partial charge in [-0.2, -0.15) is 0 Å². The Bertz CT molecular complexity index is 435. The number of ether oxygens (including phenoxy) is 1. The monoisotopic (exact) mass is 268 g/mol. The lowest BCUT2D eigenvalue weighted by Crippen LogP contribution is -2.33. The quantitative estimate of drug-likeness (QED) is 0.794. The van der Waals surface area contributed by atoms with Gasteiger partial charge in [0.15, 0.2) is 17.7 Å². The van der Waals surface area contributed by atoms with E-state index in [1.807, 2.05) is 13.8 Å². The normalized spacial score (nSPS) is 12.5. The van der Waals surface area contributed by atoms with E-state index >= 15 is 0 Å². The topological polar surface area (TPSA) is 64.3 Å². The van der Waals surface area contributed by atoms with Crippen molar-refractivity contribution in [1.82, 2.24) is 5.32 Å². The molecule has 0 heterocycles. The maximum Gasteiger partial charge on any atom is 0.258 e. The Balaban J connectivity index is 2.93. The molecule has 0 aliphatic heterocycles. The number of benzene rings is 1. The molecule has 0 spiro atoms. The Labute approximate surface area is 113 Å². The summed E-state index contributed by atoms with van der Waals surface area (Å²) in [6.45, 7) is 6.23. The third kappa shape index (κ3) is 4.52. The smallest absolute Gasteiger partial charge is 0.258 e.